The van der Waals surface area contributed by atoms with Crippen molar-refractivity contribution in [1.29, 1.82) is 0 Å². The van der Waals surface area contributed by atoms with E-state index in [-0.39, 0.29) is 11.4 Å². The minimum atomic E-state index is -3.76. The highest BCUT2D eigenvalue weighted by Crippen LogP contribution is 2.39. The molecule has 0 aromatic heterocycles. The molecule has 0 bridgehead atoms. The van der Waals surface area contributed by atoms with Crippen molar-refractivity contribution in [3.8, 4) is 0 Å². The predicted molar refractivity (Wildman–Crippen MR) is 110 cm³/mol. The second kappa shape index (κ2) is 7.91. The predicted octanol–water partition coefficient (Wildman–Crippen LogP) is 3.75. The van der Waals surface area contributed by atoms with Crippen LogP contribution in [0, 0.1) is 6.92 Å². The molecule has 7 heteroatoms. The van der Waals surface area contributed by atoms with E-state index in [0.29, 0.717) is 0 Å². The Labute approximate surface area is 164 Å². The summed E-state index contributed by atoms with van der Waals surface area (Å²) in [5.41, 5.74) is -0.101. The van der Waals surface area contributed by atoms with Crippen molar-refractivity contribution in [3.05, 3.63) is 54.6 Å². The molecule has 1 aliphatic heterocycles. The van der Waals surface area contributed by atoms with Gasteiger partial charge >= 0.3 is 7.12 Å². The Balaban J connectivity index is 2.47. The lowest BCUT2D eigenvalue weighted by atomic mass is 9.78. The molecule has 1 atom stereocenters. The Hall–Kier alpha value is -1.41. The molecule has 148 valence electrons. The number of hydrogen-bond acceptors (Lipinski definition) is 4. The summed E-state index contributed by atoms with van der Waals surface area (Å²) in [6.07, 6.45) is 5.20. The van der Waals surface area contributed by atoms with Gasteiger partial charge in [0.2, 0.25) is 10.0 Å². The van der Waals surface area contributed by atoms with Crippen molar-refractivity contribution >= 4 is 17.1 Å². The molecule has 0 N–H and O–H groups in total. The Morgan fingerprint density at radius 1 is 1.15 bits per heavy atom. The van der Waals surface area contributed by atoms with Gasteiger partial charge in [0.1, 0.15) is 0 Å². The van der Waals surface area contributed by atoms with Gasteiger partial charge in [-0.3, -0.25) is 0 Å². The summed E-state index contributed by atoms with van der Waals surface area (Å²) in [4.78, 5) is 0.237. The zero-order valence-corrected chi connectivity index (χ0v) is 17.9. The van der Waals surface area contributed by atoms with Crippen LogP contribution in [0.5, 0.6) is 0 Å². The van der Waals surface area contributed by atoms with Crippen LogP contribution in [-0.2, 0) is 19.3 Å². The first kappa shape index (κ1) is 21.9. The molecule has 1 saturated heterocycles. The molecular weight excluding hydrogens is 361 g/mol. The SMILES string of the molecule is C=CCN(C(/C=C/C)B1OC(C)(C)C(C)(C)O1)S(=O)(=O)c1ccc(C)cc1. The van der Waals surface area contributed by atoms with E-state index in [1.54, 1.807) is 36.4 Å². The Morgan fingerprint density at radius 2 is 1.67 bits per heavy atom. The van der Waals surface area contributed by atoms with Gasteiger partial charge in [-0.15, -0.1) is 6.58 Å². The molecule has 1 fully saturated rings. The van der Waals surface area contributed by atoms with Crippen LogP contribution in [0.15, 0.2) is 54.0 Å². The van der Waals surface area contributed by atoms with Crippen LogP contribution in [0.3, 0.4) is 0 Å². The topological polar surface area (TPSA) is 55.8 Å². The molecule has 0 amide bonds. The highest BCUT2D eigenvalue weighted by atomic mass is 32.2. The standard InChI is InChI=1S/C20H30BNO4S/c1-8-10-18(21-25-19(4,5)20(6,7)26-21)22(15-9-2)27(23,24)17-13-11-16(3)12-14-17/h8-14,18H,2,15H2,1,3-7H3/b10-8+. The minimum Gasteiger partial charge on any atom is -0.402 e. The van der Waals surface area contributed by atoms with Crippen LogP contribution in [0.2, 0.25) is 0 Å². The molecule has 1 unspecified atom stereocenters. The number of aryl methyl sites for hydroxylation is 1. The summed E-state index contributed by atoms with van der Waals surface area (Å²) in [5, 5.41) is 0. The van der Waals surface area contributed by atoms with Crippen molar-refractivity contribution < 1.29 is 17.7 Å². The van der Waals surface area contributed by atoms with Gasteiger partial charge in [-0.2, -0.15) is 4.31 Å². The second-order valence-corrected chi connectivity index (χ2v) is 9.71. The van der Waals surface area contributed by atoms with Crippen molar-refractivity contribution in [2.75, 3.05) is 6.54 Å². The normalized spacial score (nSPS) is 20.3. The van der Waals surface area contributed by atoms with Crippen LogP contribution < -0.4 is 0 Å². The lowest BCUT2D eigenvalue weighted by molar-refractivity contribution is 0.00578. The molecule has 27 heavy (non-hydrogen) atoms. The van der Waals surface area contributed by atoms with Gasteiger partial charge in [0.05, 0.1) is 22.0 Å². The first-order valence-electron chi connectivity index (χ1n) is 9.14. The van der Waals surface area contributed by atoms with E-state index in [9.17, 15) is 8.42 Å². The van der Waals surface area contributed by atoms with Gasteiger partial charge in [0.15, 0.2) is 0 Å². The highest BCUT2D eigenvalue weighted by molar-refractivity contribution is 7.89. The third-order valence-corrected chi connectivity index (χ3v) is 7.09. The average molecular weight is 391 g/mol. The molecule has 1 aromatic rings. The Bertz CT molecular complexity index is 784. The van der Waals surface area contributed by atoms with Crippen LogP contribution >= 0.6 is 0 Å². The van der Waals surface area contributed by atoms with Crippen LogP contribution in [0.25, 0.3) is 0 Å². The highest BCUT2D eigenvalue weighted by Gasteiger charge is 2.55. The summed E-state index contributed by atoms with van der Waals surface area (Å²) in [6, 6.07) is 6.83. The van der Waals surface area contributed by atoms with Crippen molar-refractivity contribution in [1.82, 2.24) is 4.31 Å². The summed E-state index contributed by atoms with van der Waals surface area (Å²) < 4.78 is 40.4. The first-order valence-corrected chi connectivity index (χ1v) is 10.6. The van der Waals surface area contributed by atoms with E-state index in [0.717, 1.165) is 5.56 Å². The number of benzene rings is 1. The molecular formula is C20H30BNO4S. The van der Waals surface area contributed by atoms with E-state index in [2.05, 4.69) is 6.58 Å². The fraction of sp³-hybridized carbons (Fsp3) is 0.500. The molecule has 1 aromatic carbocycles. The molecule has 5 nitrogen and oxygen atoms in total. The average Bonchev–Trinajstić information content (AvgIpc) is 2.79. The lowest BCUT2D eigenvalue weighted by Gasteiger charge is -2.32. The van der Waals surface area contributed by atoms with E-state index in [1.807, 2.05) is 47.6 Å². The Kier molecular flexibility index (Phi) is 6.42. The lowest BCUT2D eigenvalue weighted by Crippen LogP contribution is -2.49. The molecule has 0 saturated carbocycles. The van der Waals surface area contributed by atoms with Gasteiger partial charge in [0, 0.05) is 6.54 Å². The molecule has 1 aliphatic rings. The maximum Gasteiger partial charge on any atom is 0.481 e. The molecule has 0 spiro atoms. The number of sulfonamides is 1. The quantitative estimate of drug-likeness (QED) is 0.525. The first-order chi connectivity index (χ1) is 12.5. The molecule has 0 radical (unpaired) electrons. The van der Waals surface area contributed by atoms with E-state index < -0.39 is 34.3 Å². The molecule has 0 aliphatic carbocycles. The third-order valence-electron chi connectivity index (χ3n) is 5.21. The maximum absolute atomic E-state index is 13.4. The van der Waals surface area contributed by atoms with Gasteiger partial charge < -0.3 is 9.31 Å². The Morgan fingerprint density at radius 3 is 2.11 bits per heavy atom. The van der Waals surface area contributed by atoms with Crippen molar-refractivity contribution in [2.24, 2.45) is 0 Å². The molecule has 2 rings (SSSR count). The van der Waals surface area contributed by atoms with Gasteiger partial charge in [-0.05, 0) is 53.7 Å². The maximum atomic E-state index is 13.4. The zero-order chi connectivity index (χ0) is 20.5. The number of allylic oxidation sites excluding steroid dienone is 1. The second-order valence-electron chi connectivity index (χ2n) is 7.82. The summed E-state index contributed by atoms with van der Waals surface area (Å²) in [7, 11) is -4.48. The van der Waals surface area contributed by atoms with Crippen LogP contribution in [0.1, 0.15) is 40.2 Å². The monoisotopic (exact) mass is 391 g/mol. The van der Waals surface area contributed by atoms with E-state index in [1.165, 1.54) is 4.31 Å². The van der Waals surface area contributed by atoms with E-state index in [4.69, 9.17) is 9.31 Å². The summed E-state index contributed by atoms with van der Waals surface area (Å²) >= 11 is 0. The van der Waals surface area contributed by atoms with Crippen molar-refractivity contribution in [2.45, 2.75) is 63.6 Å². The largest absolute Gasteiger partial charge is 0.481 e. The van der Waals surface area contributed by atoms with Gasteiger partial charge in [-0.1, -0.05) is 35.9 Å². The van der Waals surface area contributed by atoms with Crippen molar-refractivity contribution in [3.63, 3.8) is 0 Å². The molecule has 1 heterocycles. The zero-order valence-electron chi connectivity index (χ0n) is 17.1. The fourth-order valence-corrected chi connectivity index (χ4v) is 4.44. The van der Waals surface area contributed by atoms with Crippen LogP contribution in [-0.4, -0.2) is 43.5 Å². The summed E-state index contributed by atoms with van der Waals surface area (Å²) in [6.45, 7) is 15.5. The van der Waals surface area contributed by atoms with Gasteiger partial charge in [0.25, 0.3) is 0 Å². The third kappa shape index (κ3) is 4.37. The summed E-state index contributed by atoms with van der Waals surface area (Å²) in [5.74, 6) is -0.611. The number of hydrogen-bond donors (Lipinski definition) is 0. The fourth-order valence-electron chi connectivity index (χ4n) is 2.90. The van der Waals surface area contributed by atoms with E-state index >= 15 is 0 Å². The number of nitrogens with zero attached hydrogens (tertiary/aromatic N) is 1. The van der Waals surface area contributed by atoms with Crippen LogP contribution in [0.4, 0.5) is 0 Å². The number of rotatable bonds is 7. The minimum absolute atomic E-state index is 0.148. The van der Waals surface area contributed by atoms with Gasteiger partial charge in [-0.25, -0.2) is 8.42 Å². The smallest absolute Gasteiger partial charge is 0.402 e.